The van der Waals surface area contributed by atoms with Gasteiger partial charge in [0.1, 0.15) is 12.4 Å². The fourth-order valence-electron chi connectivity index (χ4n) is 1.73. The third-order valence-corrected chi connectivity index (χ3v) is 3.70. The second kappa shape index (κ2) is 10.1. The molecule has 0 aliphatic carbocycles. The molecule has 0 atom stereocenters. The van der Waals surface area contributed by atoms with Gasteiger partial charge in [0.05, 0.1) is 6.61 Å². The van der Waals surface area contributed by atoms with Crippen LogP contribution < -0.4 is 10.5 Å². The van der Waals surface area contributed by atoms with Gasteiger partial charge in [-0.25, -0.2) is 0 Å². The smallest absolute Gasteiger partial charge is 0.125 e. The first-order valence-electron chi connectivity index (χ1n) is 6.98. The van der Waals surface area contributed by atoms with Crippen molar-refractivity contribution in [2.75, 3.05) is 25.6 Å². The Bertz CT molecular complexity index is 358. The average molecular weight is 283 g/mol. The second-order valence-corrected chi connectivity index (χ2v) is 5.49. The summed E-state index contributed by atoms with van der Waals surface area (Å²) in [4.78, 5) is 1.22. The largest absolute Gasteiger partial charge is 0.491 e. The molecule has 0 saturated heterocycles. The Balaban J connectivity index is 2.46. The molecular formula is C15H25NO2S. The molecule has 1 aromatic rings. The van der Waals surface area contributed by atoms with Gasteiger partial charge in [-0.3, -0.25) is 0 Å². The first kappa shape index (κ1) is 16.3. The van der Waals surface area contributed by atoms with Gasteiger partial charge in [-0.15, -0.1) is 11.8 Å². The summed E-state index contributed by atoms with van der Waals surface area (Å²) in [5.74, 6) is 1.93. The van der Waals surface area contributed by atoms with Gasteiger partial charge in [0.15, 0.2) is 0 Å². The number of hydrogen-bond acceptors (Lipinski definition) is 4. The quantitative estimate of drug-likeness (QED) is 0.527. The third kappa shape index (κ3) is 5.85. The van der Waals surface area contributed by atoms with E-state index in [-0.39, 0.29) is 0 Å². The van der Waals surface area contributed by atoms with Gasteiger partial charge in [0.25, 0.3) is 0 Å². The Kier molecular flexibility index (Phi) is 8.71. The van der Waals surface area contributed by atoms with Crippen LogP contribution in [-0.4, -0.2) is 25.6 Å². The second-order valence-electron chi connectivity index (χ2n) is 4.18. The maximum atomic E-state index is 5.83. The molecule has 0 aliphatic heterocycles. The summed E-state index contributed by atoms with van der Waals surface area (Å²) < 4.78 is 11.3. The lowest BCUT2D eigenvalue weighted by molar-refractivity contribution is 0.0976. The molecular weight excluding hydrogens is 258 g/mol. The molecule has 3 nitrogen and oxygen atoms in total. The first-order valence-corrected chi connectivity index (χ1v) is 7.97. The molecule has 108 valence electrons. The molecule has 0 aromatic heterocycles. The van der Waals surface area contributed by atoms with E-state index in [1.165, 1.54) is 4.90 Å². The SMILES string of the molecule is CCCCOCCOc1cccc(SCC)c1CN. The standard InChI is InChI=1S/C15H25NO2S/c1-3-5-9-17-10-11-18-14-7-6-8-15(19-4-2)13(14)12-16/h6-8H,3-5,9-12,16H2,1-2H3. The van der Waals surface area contributed by atoms with E-state index in [9.17, 15) is 0 Å². The van der Waals surface area contributed by atoms with Crippen molar-refractivity contribution < 1.29 is 9.47 Å². The fraction of sp³-hybridized carbons (Fsp3) is 0.600. The van der Waals surface area contributed by atoms with Crippen LogP contribution in [0.4, 0.5) is 0 Å². The van der Waals surface area contributed by atoms with Gasteiger partial charge in [0, 0.05) is 23.6 Å². The van der Waals surface area contributed by atoms with E-state index in [4.69, 9.17) is 15.2 Å². The number of ether oxygens (including phenoxy) is 2. The van der Waals surface area contributed by atoms with E-state index in [1.54, 1.807) is 11.8 Å². The first-order chi connectivity index (χ1) is 9.33. The molecule has 0 amide bonds. The van der Waals surface area contributed by atoms with Crippen molar-refractivity contribution in [3.8, 4) is 5.75 Å². The molecule has 0 radical (unpaired) electrons. The lowest BCUT2D eigenvalue weighted by atomic mass is 10.2. The van der Waals surface area contributed by atoms with E-state index >= 15 is 0 Å². The highest BCUT2D eigenvalue weighted by atomic mass is 32.2. The molecule has 0 spiro atoms. The minimum Gasteiger partial charge on any atom is -0.491 e. The summed E-state index contributed by atoms with van der Waals surface area (Å²) in [5, 5.41) is 0. The number of unbranched alkanes of at least 4 members (excludes halogenated alkanes) is 1. The normalized spacial score (nSPS) is 10.7. The minimum atomic E-state index is 0.509. The molecule has 2 N–H and O–H groups in total. The van der Waals surface area contributed by atoms with Gasteiger partial charge in [0.2, 0.25) is 0 Å². The number of hydrogen-bond donors (Lipinski definition) is 1. The molecule has 1 rings (SSSR count). The number of benzene rings is 1. The number of rotatable bonds is 10. The Morgan fingerprint density at radius 1 is 1.16 bits per heavy atom. The summed E-state index contributed by atoms with van der Waals surface area (Å²) in [6.07, 6.45) is 2.27. The summed E-state index contributed by atoms with van der Waals surface area (Å²) in [6, 6.07) is 6.10. The van der Waals surface area contributed by atoms with Crippen LogP contribution in [0.25, 0.3) is 0 Å². The highest BCUT2D eigenvalue weighted by Crippen LogP contribution is 2.29. The summed E-state index contributed by atoms with van der Waals surface area (Å²) in [7, 11) is 0. The molecule has 0 saturated carbocycles. The van der Waals surface area contributed by atoms with Crippen molar-refractivity contribution in [3.05, 3.63) is 23.8 Å². The fourth-order valence-corrected chi connectivity index (χ4v) is 2.58. The topological polar surface area (TPSA) is 44.5 Å². The Morgan fingerprint density at radius 3 is 2.68 bits per heavy atom. The van der Waals surface area contributed by atoms with E-state index < -0.39 is 0 Å². The zero-order valence-corrected chi connectivity index (χ0v) is 12.8. The van der Waals surface area contributed by atoms with Crippen LogP contribution >= 0.6 is 11.8 Å². The third-order valence-electron chi connectivity index (χ3n) is 2.72. The highest BCUT2D eigenvalue weighted by Gasteiger charge is 2.07. The maximum absolute atomic E-state index is 5.83. The molecule has 1 aromatic carbocycles. The Hall–Kier alpha value is -0.710. The Morgan fingerprint density at radius 2 is 2.00 bits per heavy atom. The minimum absolute atomic E-state index is 0.509. The van der Waals surface area contributed by atoms with Crippen molar-refractivity contribution in [2.24, 2.45) is 5.73 Å². The van der Waals surface area contributed by atoms with Crippen LogP contribution in [-0.2, 0) is 11.3 Å². The molecule has 0 bridgehead atoms. The van der Waals surface area contributed by atoms with Gasteiger partial charge in [-0.1, -0.05) is 26.3 Å². The molecule has 4 heteroatoms. The molecule has 0 fully saturated rings. The highest BCUT2D eigenvalue weighted by molar-refractivity contribution is 7.99. The average Bonchev–Trinajstić information content (AvgIpc) is 2.43. The van der Waals surface area contributed by atoms with Gasteiger partial charge in [-0.05, 0) is 24.3 Å². The molecule has 19 heavy (non-hydrogen) atoms. The molecule has 0 heterocycles. The van der Waals surface area contributed by atoms with Crippen molar-refractivity contribution in [3.63, 3.8) is 0 Å². The predicted molar refractivity (Wildman–Crippen MR) is 82.0 cm³/mol. The van der Waals surface area contributed by atoms with Crippen molar-refractivity contribution in [2.45, 2.75) is 38.1 Å². The van der Waals surface area contributed by atoms with E-state index in [2.05, 4.69) is 19.9 Å². The summed E-state index contributed by atoms with van der Waals surface area (Å²) in [5.41, 5.74) is 6.93. The van der Waals surface area contributed by atoms with Crippen LogP contribution in [0, 0.1) is 0 Å². The van der Waals surface area contributed by atoms with Crippen LogP contribution in [0.2, 0.25) is 0 Å². The van der Waals surface area contributed by atoms with Crippen LogP contribution in [0.3, 0.4) is 0 Å². The zero-order chi connectivity index (χ0) is 13.9. The van der Waals surface area contributed by atoms with Gasteiger partial charge >= 0.3 is 0 Å². The van der Waals surface area contributed by atoms with Crippen LogP contribution in [0.1, 0.15) is 32.3 Å². The van der Waals surface area contributed by atoms with E-state index in [1.807, 2.05) is 12.1 Å². The lowest BCUT2D eigenvalue weighted by Crippen LogP contribution is -2.10. The summed E-state index contributed by atoms with van der Waals surface area (Å²) >= 11 is 1.80. The lowest BCUT2D eigenvalue weighted by Gasteiger charge is -2.14. The van der Waals surface area contributed by atoms with Gasteiger partial charge < -0.3 is 15.2 Å². The molecule has 0 aliphatic rings. The predicted octanol–water partition coefficient (Wildman–Crippen LogP) is 3.45. The number of nitrogens with two attached hydrogens (primary N) is 1. The van der Waals surface area contributed by atoms with Crippen LogP contribution in [0.5, 0.6) is 5.75 Å². The van der Waals surface area contributed by atoms with E-state index in [0.717, 1.165) is 36.5 Å². The number of thioether (sulfide) groups is 1. The summed E-state index contributed by atoms with van der Waals surface area (Å²) in [6.45, 7) is 6.83. The van der Waals surface area contributed by atoms with Crippen LogP contribution in [0.15, 0.2) is 23.1 Å². The van der Waals surface area contributed by atoms with Crippen molar-refractivity contribution in [1.29, 1.82) is 0 Å². The Labute approximate surface area is 120 Å². The molecule has 0 unspecified atom stereocenters. The van der Waals surface area contributed by atoms with E-state index in [0.29, 0.717) is 19.8 Å². The maximum Gasteiger partial charge on any atom is 0.125 e. The van der Waals surface area contributed by atoms with Crippen molar-refractivity contribution >= 4 is 11.8 Å². The van der Waals surface area contributed by atoms with Gasteiger partial charge in [-0.2, -0.15) is 0 Å². The monoisotopic (exact) mass is 283 g/mol. The van der Waals surface area contributed by atoms with Crippen molar-refractivity contribution in [1.82, 2.24) is 0 Å². The zero-order valence-electron chi connectivity index (χ0n) is 12.0.